The summed E-state index contributed by atoms with van der Waals surface area (Å²) in [5.41, 5.74) is 2.14. The number of hydrogen-bond acceptors (Lipinski definition) is 3. The van der Waals surface area contributed by atoms with Crippen LogP contribution in [0.5, 0.6) is 0 Å². The number of nitrogens with one attached hydrogen (secondary N) is 3. The van der Waals surface area contributed by atoms with Crippen molar-refractivity contribution >= 4 is 16.0 Å². The summed E-state index contributed by atoms with van der Waals surface area (Å²) in [7, 11) is -3.41. The highest BCUT2D eigenvalue weighted by Gasteiger charge is 2.27. The summed E-state index contributed by atoms with van der Waals surface area (Å²) >= 11 is 0. The van der Waals surface area contributed by atoms with Gasteiger partial charge in [0.1, 0.15) is 0 Å². The van der Waals surface area contributed by atoms with Gasteiger partial charge in [0.25, 0.3) is 0 Å². The van der Waals surface area contributed by atoms with Gasteiger partial charge in [-0.3, -0.25) is 0 Å². The number of nitrogens with zero attached hydrogens (tertiary/aromatic N) is 1. The minimum absolute atomic E-state index is 0.106. The van der Waals surface area contributed by atoms with Gasteiger partial charge in [0.2, 0.25) is 10.0 Å². The fourth-order valence-corrected chi connectivity index (χ4v) is 4.09. The van der Waals surface area contributed by atoms with Crippen molar-refractivity contribution in [2.75, 3.05) is 6.54 Å². The molecule has 6 nitrogen and oxygen atoms in total. The molecule has 0 radical (unpaired) electrons. The minimum atomic E-state index is -3.41. The van der Waals surface area contributed by atoms with Crippen molar-refractivity contribution in [3.63, 3.8) is 0 Å². The molecule has 1 aliphatic rings. The van der Waals surface area contributed by atoms with Crippen molar-refractivity contribution in [3.05, 3.63) is 65.7 Å². The first-order valence-electron chi connectivity index (χ1n) is 9.69. The van der Waals surface area contributed by atoms with E-state index >= 15 is 0 Å². The molecule has 1 atom stereocenters. The molecule has 0 aromatic heterocycles. The minimum Gasteiger partial charge on any atom is -0.357 e. The lowest BCUT2D eigenvalue weighted by Crippen LogP contribution is -2.38. The Labute approximate surface area is 167 Å². The Kier molecular flexibility index (Phi) is 6.70. The van der Waals surface area contributed by atoms with E-state index in [4.69, 9.17) is 0 Å². The fraction of sp³-hybridized carbons (Fsp3) is 0.381. The molecular formula is C21H28N4O2S. The van der Waals surface area contributed by atoms with Crippen LogP contribution in [0.25, 0.3) is 0 Å². The predicted octanol–water partition coefficient (Wildman–Crippen LogP) is 2.94. The van der Waals surface area contributed by atoms with Crippen LogP contribution < -0.4 is 15.4 Å². The second-order valence-corrected chi connectivity index (χ2v) is 8.73. The Morgan fingerprint density at radius 1 is 1.11 bits per heavy atom. The summed E-state index contributed by atoms with van der Waals surface area (Å²) in [6.45, 7) is 5.34. The molecule has 2 aromatic rings. The summed E-state index contributed by atoms with van der Waals surface area (Å²) in [6.07, 6.45) is 1.85. The lowest BCUT2D eigenvalue weighted by molar-refractivity contribution is 0.581. The van der Waals surface area contributed by atoms with Gasteiger partial charge >= 0.3 is 0 Å². The summed E-state index contributed by atoms with van der Waals surface area (Å²) in [4.78, 5) is 4.93. The quantitative estimate of drug-likeness (QED) is 0.470. The van der Waals surface area contributed by atoms with Gasteiger partial charge in [-0.2, -0.15) is 0 Å². The number of guanidine groups is 1. The monoisotopic (exact) mass is 400 g/mol. The SMILES string of the molecule is CCNC(=NCc1ccc(S(=O)(=O)NC2CC2)cc1)NC(C)c1ccccc1. The molecule has 150 valence electrons. The molecule has 0 bridgehead atoms. The van der Waals surface area contributed by atoms with Gasteiger partial charge in [-0.15, -0.1) is 0 Å². The summed E-state index contributed by atoms with van der Waals surface area (Å²) in [5, 5.41) is 6.65. The third-order valence-corrected chi connectivity index (χ3v) is 6.09. The van der Waals surface area contributed by atoms with Crippen molar-refractivity contribution in [1.29, 1.82) is 0 Å². The van der Waals surface area contributed by atoms with Crippen LogP contribution in [-0.4, -0.2) is 27.0 Å². The molecule has 0 saturated heterocycles. The van der Waals surface area contributed by atoms with Crippen molar-refractivity contribution in [1.82, 2.24) is 15.4 Å². The van der Waals surface area contributed by atoms with Crippen molar-refractivity contribution in [2.45, 2.75) is 50.2 Å². The van der Waals surface area contributed by atoms with Crippen LogP contribution in [0.4, 0.5) is 0 Å². The van der Waals surface area contributed by atoms with Crippen LogP contribution in [0.15, 0.2) is 64.5 Å². The molecule has 3 N–H and O–H groups in total. The average Bonchev–Trinajstić information content (AvgIpc) is 3.50. The number of aliphatic imine (C=N–C) groups is 1. The lowest BCUT2D eigenvalue weighted by Gasteiger charge is -2.18. The zero-order valence-corrected chi connectivity index (χ0v) is 17.2. The standard InChI is InChI=1S/C21H28N4O2S/c1-3-22-21(24-16(2)18-7-5-4-6-8-18)23-15-17-9-13-20(14-10-17)28(26,27)25-19-11-12-19/h4-10,13-14,16,19,25H,3,11-12,15H2,1-2H3,(H2,22,23,24). The van der Waals surface area contributed by atoms with Crippen LogP contribution in [0.3, 0.4) is 0 Å². The van der Waals surface area contributed by atoms with Gasteiger partial charge in [0.15, 0.2) is 5.96 Å². The average molecular weight is 401 g/mol. The molecule has 0 aliphatic heterocycles. The van der Waals surface area contributed by atoms with E-state index in [-0.39, 0.29) is 12.1 Å². The molecule has 0 heterocycles. The fourth-order valence-electron chi connectivity index (χ4n) is 2.78. The van der Waals surface area contributed by atoms with Crippen molar-refractivity contribution in [3.8, 4) is 0 Å². The summed E-state index contributed by atoms with van der Waals surface area (Å²) in [5.74, 6) is 0.728. The maximum atomic E-state index is 12.2. The van der Waals surface area contributed by atoms with E-state index in [1.807, 2.05) is 37.3 Å². The first-order valence-corrected chi connectivity index (χ1v) is 11.2. The van der Waals surface area contributed by atoms with E-state index in [0.29, 0.717) is 11.4 Å². The maximum absolute atomic E-state index is 12.2. The van der Waals surface area contributed by atoms with Gasteiger partial charge in [-0.05, 0) is 49.9 Å². The van der Waals surface area contributed by atoms with Gasteiger partial charge < -0.3 is 10.6 Å². The summed E-state index contributed by atoms with van der Waals surface area (Å²) < 4.78 is 27.2. The second-order valence-electron chi connectivity index (χ2n) is 7.01. The van der Waals surface area contributed by atoms with E-state index in [2.05, 4.69) is 39.4 Å². The molecule has 3 rings (SSSR count). The highest BCUT2D eigenvalue weighted by Crippen LogP contribution is 2.22. The smallest absolute Gasteiger partial charge is 0.240 e. The van der Waals surface area contributed by atoms with Gasteiger partial charge in [0, 0.05) is 12.6 Å². The Bertz CT molecular complexity index is 892. The van der Waals surface area contributed by atoms with Gasteiger partial charge in [-0.25, -0.2) is 18.1 Å². The molecule has 1 fully saturated rings. The zero-order valence-electron chi connectivity index (χ0n) is 16.4. The van der Waals surface area contributed by atoms with E-state index in [1.54, 1.807) is 12.1 Å². The second kappa shape index (κ2) is 9.21. The number of sulfonamides is 1. The zero-order chi connectivity index (χ0) is 20.0. The third-order valence-electron chi connectivity index (χ3n) is 4.55. The third kappa shape index (κ3) is 5.81. The van der Waals surface area contributed by atoms with Crippen LogP contribution >= 0.6 is 0 Å². The van der Waals surface area contributed by atoms with E-state index in [1.165, 1.54) is 5.56 Å². The highest BCUT2D eigenvalue weighted by molar-refractivity contribution is 7.89. The molecule has 28 heavy (non-hydrogen) atoms. The summed E-state index contributed by atoms with van der Waals surface area (Å²) in [6, 6.07) is 17.3. The van der Waals surface area contributed by atoms with E-state index in [9.17, 15) is 8.42 Å². The molecule has 0 amide bonds. The topological polar surface area (TPSA) is 82.6 Å². The predicted molar refractivity (Wildman–Crippen MR) is 113 cm³/mol. The number of hydrogen-bond donors (Lipinski definition) is 3. The van der Waals surface area contributed by atoms with Gasteiger partial charge in [0.05, 0.1) is 17.5 Å². The van der Waals surface area contributed by atoms with Crippen molar-refractivity contribution in [2.24, 2.45) is 4.99 Å². The largest absolute Gasteiger partial charge is 0.357 e. The van der Waals surface area contributed by atoms with Crippen LogP contribution in [0.1, 0.15) is 43.9 Å². The first kappa shape index (κ1) is 20.4. The number of rotatable bonds is 8. The highest BCUT2D eigenvalue weighted by atomic mass is 32.2. The van der Waals surface area contributed by atoms with Crippen molar-refractivity contribution < 1.29 is 8.42 Å². The molecule has 1 unspecified atom stereocenters. The molecule has 1 aliphatic carbocycles. The normalized spacial score (nSPS) is 15.9. The molecule has 1 saturated carbocycles. The molecular weight excluding hydrogens is 372 g/mol. The first-order chi connectivity index (χ1) is 13.5. The van der Waals surface area contributed by atoms with Gasteiger partial charge in [-0.1, -0.05) is 42.5 Å². The maximum Gasteiger partial charge on any atom is 0.240 e. The Morgan fingerprint density at radius 3 is 2.39 bits per heavy atom. The van der Waals surface area contributed by atoms with E-state index in [0.717, 1.165) is 30.9 Å². The lowest BCUT2D eigenvalue weighted by atomic mass is 10.1. The Hall–Kier alpha value is -2.38. The Balaban J connectivity index is 1.63. The van der Waals surface area contributed by atoms with Crippen LogP contribution in [-0.2, 0) is 16.6 Å². The molecule has 7 heteroatoms. The van der Waals surface area contributed by atoms with E-state index < -0.39 is 10.0 Å². The molecule has 2 aromatic carbocycles. The number of benzene rings is 2. The molecule has 0 spiro atoms. The van der Waals surface area contributed by atoms with Crippen LogP contribution in [0.2, 0.25) is 0 Å². The van der Waals surface area contributed by atoms with Crippen LogP contribution in [0, 0.1) is 0 Å². The Morgan fingerprint density at radius 2 is 1.79 bits per heavy atom.